The van der Waals surface area contributed by atoms with E-state index in [0.29, 0.717) is 18.3 Å². The van der Waals surface area contributed by atoms with Gasteiger partial charge in [-0.05, 0) is 61.4 Å². The van der Waals surface area contributed by atoms with Crippen molar-refractivity contribution in [1.82, 2.24) is 20.3 Å². The summed E-state index contributed by atoms with van der Waals surface area (Å²) in [5.41, 5.74) is 3.52. The van der Waals surface area contributed by atoms with Crippen molar-refractivity contribution in [3.05, 3.63) is 96.8 Å². The highest BCUT2D eigenvalue weighted by atomic mass is 32.2. The van der Waals surface area contributed by atoms with E-state index in [-0.39, 0.29) is 4.90 Å². The fraction of sp³-hybridized carbons (Fsp3) is 0.231. The molecular formula is C26H28N6O2S. The summed E-state index contributed by atoms with van der Waals surface area (Å²) >= 11 is 0. The lowest BCUT2D eigenvalue weighted by Crippen LogP contribution is -2.42. The van der Waals surface area contributed by atoms with Gasteiger partial charge in [0.15, 0.2) is 0 Å². The Kier molecular flexibility index (Phi) is 6.78. The quantitative estimate of drug-likeness (QED) is 0.392. The zero-order valence-electron chi connectivity index (χ0n) is 19.3. The Balaban J connectivity index is 1.11. The molecule has 0 saturated carbocycles. The molecule has 180 valence electrons. The Morgan fingerprint density at radius 1 is 0.829 bits per heavy atom. The van der Waals surface area contributed by atoms with Crippen molar-refractivity contribution < 1.29 is 8.42 Å². The van der Waals surface area contributed by atoms with E-state index in [1.807, 2.05) is 60.8 Å². The van der Waals surface area contributed by atoms with Gasteiger partial charge in [-0.3, -0.25) is 4.72 Å². The number of benzene rings is 3. The number of hydrogen-bond acceptors (Lipinski definition) is 6. The zero-order chi connectivity index (χ0) is 24.1. The van der Waals surface area contributed by atoms with Gasteiger partial charge in [0.2, 0.25) is 0 Å². The minimum Gasteiger partial charge on any atom is -0.371 e. The normalized spacial score (nSPS) is 14.7. The maximum Gasteiger partial charge on any atom is 0.261 e. The molecule has 1 fully saturated rings. The van der Waals surface area contributed by atoms with E-state index >= 15 is 0 Å². The number of anilines is 2. The number of nitrogens with one attached hydrogen (secondary N) is 2. The van der Waals surface area contributed by atoms with Crippen LogP contribution in [0.3, 0.4) is 0 Å². The summed E-state index contributed by atoms with van der Waals surface area (Å²) in [7, 11) is -3.58. The summed E-state index contributed by atoms with van der Waals surface area (Å²) in [5.74, 6) is 0. The van der Waals surface area contributed by atoms with Crippen LogP contribution >= 0.6 is 0 Å². The van der Waals surface area contributed by atoms with Gasteiger partial charge in [0.1, 0.15) is 0 Å². The third kappa shape index (κ3) is 5.70. The molecule has 0 aliphatic carbocycles. The summed E-state index contributed by atoms with van der Waals surface area (Å²) in [4.78, 5) is 4.24. The van der Waals surface area contributed by atoms with Crippen LogP contribution in [0.4, 0.5) is 11.4 Å². The van der Waals surface area contributed by atoms with Gasteiger partial charge in [-0.1, -0.05) is 36.4 Å². The largest absolute Gasteiger partial charge is 0.371 e. The van der Waals surface area contributed by atoms with Crippen LogP contribution in [-0.2, 0) is 16.6 Å². The molecule has 4 aromatic rings. The van der Waals surface area contributed by atoms with Crippen LogP contribution in [0.2, 0.25) is 0 Å². The molecule has 1 aliphatic rings. The topological polar surface area (TPSA) is 92.2 Å². The number of sulfonamides is 1. The molecule has 2 heterocycles. The molecule has 5 rings (SSSR count). The van der Waals surface area contributed by atoms with E-state index in [2.05, 4.69) is 25.1 Å². The third-order valence-electron chi connectivity index (χ3n) is 6.13. The Hall–Kier alpha value is -3.69. The monoisotopic (exact) mass is 488 g/mol. The minimum atomic E-state index is -3.58. The highest BCUT2D eigenvalue weighted by Crippen LogP contribution is 2.23. The Morgan fingerprint density at radius 3 is 2.17 bits per heavy atom. The highest BCUT2D eigenvalue weighted by Gasteiger charge is 2.20. The first kappa shape index (κ1) is 23.1. The van der Waals surface area contributed by atoms with Crippen LogP contribution in [0.1, 0.15) is 18.5 Å². The van der Waals surface area contributed by atoms with E-state index < -0.39 is 10.0 Å². The summed E-state index contributed by atoms with van der Waals surface area (Å²) in [6.07, 6.45) is 3.85. The van der Waals surface area contributed by atoms with Crippen LogP contribution in [0.15, 0.2) is 96.0 Å². The fourth-order valence-corrected chi connectivity index (χ4v) is 5.29. The molecule has 8 nitrogen and oxygen atoms in total. The first-order valence-electron chi connectivity index (χ1n) is 11.7. The van der Waals surface area contributed by atoms with Crippen molar-refractivity contribution in [2.75, 3.05) is 22.7 Å². The number of para-hydroxylation sites is 1. The van der Waals surface area contributed by atoms with Crippen LogP contribution in [0.25, 0.3) is 5.69 Å². The second-order valence-electron chi connectivity index (χ2n) is 8.57. The molecule has 0 unspecified atom stereocenters. The first-order valence-corrected chi connectivity index (χ1v) is 13.2. The molecule has 1 aliphatic heterocycles. The first-order chi connectivity index (χ1) is 17.1. The summed E-state index contributed by atoms with van der Waals surface area (Å²) in [6.45, 7) is 2.56. The predicted molar refractivity (Wildman–Crippen MR) is 137 cm³/mol. The molecular weight excluding hydrogens is 460 g/mol. The maximum absolute atomic E-state index is 12.5. The number of rotatable bonds is 8. The lowest BCUT2D eigenvalue weighted by atomic mass is 10.0. The van der Waals surface area contributed by atoms with E-state index in [4.69, 9.17) is 0 Å². The Bertz CT molecular complexity index is 1330. The van der Waals surface area contributed by atoms with Crippen LogP contribution in [0.5, 0.6) is 0 Å². The molecule has 0 atom stereocenters. The van der Waals surface area contributed by atoms with Crippen molar-refractivity contribution in [3.63, 3.8) is 0 Å². The lowest BCUT2D eigenvalue weighted by Gasteiger charge is -2.34. The smallest absolute Gasteiger partial charge is 0.261 e. The highest BCUT2D eigenvalue weighted by molar-refractivity contribution is 7.92. The number of piperidine rings is 1. The second-order valence-corrected chi connectivity index (χ2v) is 10.3. The lowest BCUT2D eigenvalue weighted by molar-refractivity contribution is 0.411. The van der Waals surface area contributed by atoms with Crippen LogP contribution in [0, 0.1) is 0 Å². The summed E-state index contributed by atoms with van der Waals surface area (Å²) in [6, 6.07) is 26.3. The van der Waals surface area contributed by atoms with Gasteiger partial charge in [-0.25, -0.2) is 8.42 Å². The van der Waals surface area contributed by atoms with Crippen molar-refractivity contribution in [2.45, 2.75) is 30.3 Å². The van der Waals surface area contributed by atoms with Crippen molar-refractivity contribution >= 4 is 21.4 Å². The molecule has 0 radical (unpaired) electrons. The number of aromatic nitrogens is 3. The SMILES string of the molecule is O=S(=O)(Nc1ccc(N2CCC(NCc3cnn(-c4ccccc4)n3)CC2)cc1)c1ccccc1. The van der Waals surface area contributed by atoms with Crippen LogP contribution < -0.4 is 14.9 Å². The molecule has 0 amide bonds. The van der Waals surface area contributed by atoms with E-state index in [0.717, 1.165) is 43.0 Å². The minimum absolute atomic E-state index is 0.251. The molecule has 0 bridgehead atoms. The average molecular weight is 489 g/mol. The molecule has 0 spiro atoms. The summed E-state index contributed by atoms with van der Waals surface area (Å²) < 4.78 is 27.7. The zero-order valence-corrected chi connectivity index (χ0v) is 20.1. The average Bonchev–Trinajstić information content (AvgIpc) is 3.38. The maximum atomic E-state index is 12.5. The summed E-state index contributed by atoms with van der Waals surface area (Å²) in [5, 5.41) is 12.5. The van der Waals surface area contributed by atoms with Crippen molar-refractivity contribution in [3.8, 4) is 5.69 Å². The van der Waals surface area contributed by atoms with Gasteiger partial charge in [0, 0.05) is 37.1 Å². The van der Waals surface area contributed by atoms with Gasteiger partial charge in [-0.2, -0.15) is 15.0 Å². The standard InChI is InChI=1S/C26H28N6O2S/c33-35(34,26-9-5-2-6-10-26)30-22-11-13-24(14-12-22)31-17-15-21(16-18-31)27-19-23-20-28-32(29-23)25-7-3-1-4-8-25/h1-14,20-21,27,30H,15-19H2. The van der Waals surface area contributed by atoms with Gasteiger partial charge in [-0.15, -0.1) is 0 Å². The molecule has 9 heteroatoms. The van der Waals surface area contributed by atoms with Gasteiger partial charge < -0.3 is 10.2 Å². The van der Waals surface area contributed by atoms with E-state index in [1.165, 1.54) is 0 Å². The Morgan fingerprint density at radius 2 is 1.49 bits per heavy atom. The van der Waals surface area contributed by atoms with Gasteiger partial charge in [0.25, 0.3) is 10.0 Å². The predicted octanol–water partition coefficient (Wildman–Crippen LogP) is 3.83. The molecule has 1 aromatic heterocycles. The van der Waals surface area contributed by atoms with Gasteiger partial charge in [0.05, 0.1) is 22.5 Å². The van der Waals surface area contributed by atoms with E-state index in [9.17, 15) is 8.42 Å². The van der Waals surface area contributed by atoms with Gasteiger partial charge >= 0.3 is 0 Å². The fourth-order valence-electron chi connectivity index (χ4n) is 4.21. The number of nitrogens with zero attached hydrogens (tertiary/aromatic N) is 4. The van der Waals surface area contributed by atoms with Crippen molar-refractivity contribution in [2.24, 2.45) is 0 Å². The molecule has 35 heavy (non-hydrogen) atoms. The van der Waals surface area contributed by atoms with Crippen molar-refractivity contribution in [1.29, 1.82) is 0 Å². The Labute approximate surface area is 205 Å². The molecule has 1 saturated heterocycles. The number of hydrogen-bond donors (Lipinski definition) is 2. The third-order valence-corrected chi connectivity index (χ3v) is 7.53. The second kappa shape index (κ2) is 10.3. The van der Waals surface area contributed by atoms with Crippen LogP contribution in [-0.4, -0.2) is 42.5 Å². The van der Waals surface area contributed by atoms with E-state index in [1.54, 1.807) is 35.1 Å². The molecule has 2 N–H and O–H groups in total. The molecule has 3 aromatic carbocycles.